The molecule has 2 heterocycles. The van der Waals surface area contributed by atoms with Gasteiger partial charge in [0.2, 0.25) is 5.88 Å². The predicted octanol–water partition coefficient (Wildman–Crippen LogP) is 1.72. The van der Waals surface area contributed by atoms with Gasteiger partial charge in [0.1, 0.15) is 0 Å². The maximum atomic E-state index is 12.4. The second-order valence-electron chi connectivity index (χ2n) is 4.73. The predicted molar refractivity (Wildman–Crippen MR) is 77.5 cm³/mol. The summed E-state index contributed by atoms with van der Waals surface area (Å²) in [6, 6.07) is 7.44. The Morgan fingerprint density at radius 2 is 2.00 bits per heavy atom. The number of quaternary nitrogens is 1. The fourth-order valence-corrected chi connectivity index (χ4v) is 3.45. The lowest BCUT2D eigenvalue weighted by Gasteiger charge is -2.24. The number of nitrogens with zero attached hydrogens (tertiary/aromatic N) is 2. The van der Waals surface area contributed by atoms with E-state index in [1.165, 1.54) is 6.20 Å². The van der Waals surface area contributed by atoms with Crippen molar-refractivity contribution in [1.29, 1.82) is 0 Å². The Kier molecular flexibility index (Phi) is 4.52. The highest BCUT2D eigenvalue weighted by atomic mass is 32.2. The second-order valence-corrected chi connectivity index (χ2v) is 5.87. The van der Waals surface area contributed by atoms with Crippen LogP contribution in [0, 0.1) is 0 Å². The number of ether oxygens (including phenoxy) is 1. The number of aromatic nitrogens is 1. The lowest BCUT2D eigenvalue weighted by Crippen LogP contribution is -2.89. The van der Waals surface area contributed by atoms with Crippen LogP contribution in [0.4, 0.5) is 8.78 Å². The highest BCUT2D eigenvalue weighted by Crippen LogP contribution is 2.33. The molecule has 0 atom stereocenters. The molecular formula is C14H16F2N3OS+. The molecule has 1 aromatic carbocycles. The number of pyridine rings is 1. The van der Waals surface area contributed by atoms with Gasteiger partial charge in [-0.1, -0.05) is 6.07 Å². The zero-order chi connectivity index (χ0) is 14.7. The van der Waals surface area contributed by atoms with Crippen LogP contribution in [0.1, 0.15) is 0 Å². The second kappa shape index (κ2) is 6.55. The maximum Gasteiger partial charge on any atom is 0.388 e. The van der Waals surface area contributed by atoms with Crippen molar-refractivity contribution < 1.29 is 18.8 Å². The molecule has 0 amide bonds. The van der Waals surface area contributed by atoms with Gasteiger partial charge in [-0.15, -0.1) is 0 Å². The molecule has 0 radical (unpaired) electrons. The van der Waals surface area contributed by atoms with Crippen molar-refractivity contribution in [2.45, 2.75) is 11.5 Å². The number of hydrogen-bond acceptors (Lipinski definition) is 4. The van der Waals surface area contributed by atoms with E-state index in [-0.39, 0.29) is 5.88 Å². The summed E-state index contributed by atoms with van der Waals surface area (Å²) in [7, 11) is 0. The van der Waals surface area contributed by atoms with Gasteiger partial charge in [0.15, 0.2) is 0 Å². The van der Waals surface area contributed by atoms with Crippen molar-refractivity contribution in [2.75, 3.05) is 26.2 Å². The van der Waals surface area contributed by atoms with E-state index in [0.717, 1.165) is 36.5 Å². The van der Waals surface area contributed by atoms with Gasteiger partial charge in [-0.05, 0) is 30.1 Å². The Hall–Kier alpha value is -1.44. The molecule has 4 nitrogen and oxygen atoms in total. The van der Waals surface area contributed by atoms with Crippen molar-refractivity contribution in [2.24, 2.45) is 0 Å². The van der Waals surface area contributed by atoms with Gasteiger partial charge in [-0.2, -0.15) is 8.78 Å². The molecule has 1 aliphatic heterocycles. The summed E-state index contributed by atoms with van der Waals surface area (Å²) >= 11 is 1.66. The zero-order valence-corrected chi connectivity index (χ0v) is 12.2. The average molecular weight is 312 g/mol. The Morgan fingerprint density at radius 3 is 2.76 bits per heavy atom. The van der Waals surface area contributed by atoms with Gasteiger partial charge in [0.05, 0.1) is 26.2 Å². The SMILES string of the molecule is FC(F)Oc1nccc2c(SN3CC[NH2+]CC3)cccc12. The third-order valence-corrected chi connectivity index (χ3v) is 4.50. The molecule has 0 aliphatic carbocycles. The van der Waals surface area contributed by atoms with E-state index in [4.69, 9.17) is 0 Å². The van der Waals surface area contributed by atoms with E-state index in [2.05, 4.69) is 19.3 Å². The number of benzene rings is 1. The van der Waals surface area contributed by atoms with Gasteiger partial charge >= 0.3 is 6.61 Å². The average Bonchev–Trinajstić information content (AvgIpc) is 2.49. The molecule has 0 unspecified atom stereocenters. The number of halogens is 2. The summed E-state index contributed by atoms with van der Waals surface area (Å²) in [6.07, 6.45) is 1.51. The van der Waals surface area contributed by atoms with E-state index >= 15 is 0 Å². The molecule has 0 spiro atoms. The zero-order valence-electron chi connectivity index (χ0n) is 11.3. The first-order valence-electron chi connectivity index (χ1n) is 6.81. The van der Waals surface area contributed by atoms with Crippen LogP contribution in [0.3, 0.4) is 0 Å². The maximum absolute atomic E-state index is 12.4. The summed E-state index contributed by atoms with van der Waals surface area (Å²) < 4.78 is 31.7. The molecule has 0 bridgehead atoms. The highest BCUT2D eigenvalue weighted by Gasteiger charge is 2.16. The summed E-state index contributed by atoms with van der Waals surface area (Å²) in [5, 5.41) is 3.80. The van der Waals surface area contributed by atoms with Gasteiger partial charge in [-0.25, -0.2) is 9.29 Å². The van der Waals surface area contributed by atoms with Crippen molar-refractivity contribution >= 4 is 22.7 Å². The lowest BCUT2D eigenvalue weighted by atomic mass is 10.2. The largest absolute Gasteiger partial charge is 0.416 e. The van der Waals surface area contributed by atoms with Crippen LogP contribution in [-0.2, 0) is 0 Å². The minimum absolute atomic E-state index is 0.0167. The quantitative estimate of drug-likeness (QED) is 0.873. The third kappa shape index (κ3) is 3.42. The molecule has 2 aromatic rings. The van der Waals surface area contributed by atoms with Crippen molar-refractivity contribution in [3.63, 3.8) is 0 Å². The van der Waals surface area contributed by atoms with Crippen LogP contribution in [0.15, 0.2) is 35.4 Å². The van der Waals surface area contributed by atoms with Crippen molar-refractivity contribution in [3.8, 4) is 5.88 Å². The first-order valence-corrected chi connectivity index (χ1v) is 7.58. The smallest absolute Gasteiger partial charge is 0.388 e. The van der Waals surface area contributed by atoms with Crippen LogP contribution < -0.4 is 10.1 Å². The van der Waals surface area contributed by atoms with Crippen LogP contribution in [0.2, 0.25) is 0 Å². The molecule has 7 heteroatoms. The number of alkyl halides is 2. The highest BCUT2D eigenvalue weighted by molar-refractivity contribution is 7.97. The Morgan fingerprint density at radius 1 is 1.19 bits per heavy atom. The Bertz CT molecular complexity index is 620. The summed E-state index contributed by atoms with van der Waals surface area (Å²) in [6.45, 7) is 1.31. The molecule has 1 fully saturated rings. The first kappa shape index (κ1) is 14.5. The fraction of sp³-hybridized carbons (Fsp3) is 0.357. The van der Waals surface area contributed by atoms with Gasteiger partial charge in [0.25, 0.3) is 0 Å². The molecule has 3 rings (SSSR count). The molecule has 112 valence electrons. The van der Waals surface area contributed by atoms with E-state index in [9.17, 15) is 8.78 Å². The topological polar surface area (TPSA) is 42.0 Å². The third-order valence-electron chi connectivity index (χ3n) is 3.32. The van der Waals surface area contributed by atoms with Gasteiger partial charge in [0, 0.05) is 21.9 Å². The standard InChI is InChI=1S/C14H15F2N3OS/c15-14(16)20-13-11-2-1-3-12(10(11)4-5-18-13)21-19-8-6-17-7-9-19/h1-5,14,17H,6-9H2/p+1. The Balaban J connectivity index is 1.92. The van der Waals surface area contributed by atoms with Gasteiger partial charge in [-0.3, -0.25) is 0 Å². The number of hydrogen-bond donors (Lipinski definition) is 1. The number of fused-ring (bicyclic) bond motifs is 1. The normalized spacial score (nSPS) is 16.5. The summed E-state index contributed by atoms with van der Waals surface area (Å²) in [5.41, 5.74) is 0. The van der Waals surface area contributed by atoms with Gasteiger partial charge < -0.3 is 10.1 Å². The summed E-state index contributed by atoms with van der Waals surface area (Å²) in [5.74, 6) is -0.0167. The van der Waals surface area contributed by atoms with Crippen LogP contribution >= 0.6 is 11.9 Å². The number of rotatable bonds is 4. The molecular weight excluding hydrogens is 296 g/mol. The summed E-state index contributed by atoms with van der Waals surface area (Å²) in [4.78, 5) is 4.94. The minimum atomic E-state index is -2.86. The molecule has 21 heavy (non-hydrogen) atoms. The molecule has 1 aromatic heterocycles. The molecule has 0 saturated carbocycles. The number of piperazine rings is 1. The van der Waals surface area contributed by atoms with Crippen LogP contribution in [-0.4, -0.2) is 42.1 Å². The van der Waals surface area contributed by atoms with Crippen molar-refractivity contribution in [1.82, 2.24) is 9.29 Å². The minimum Gasteiger partial charge on any atom is -0.416 e. The molecule has 1 aliphatic rings. The van der Waals surface area contributed by atoms with E-state index < -0.39 is 6.61 Å². The van der Waals surface area contributed by atoms with E-state index in [1.807, 2.05) is 18.2 Å². The Labute approximate surface area is 125 Å². The molecule has 2 N–H and O–H groups in total. The lowest BCUT2D eigenvalue weighted by molar-refractivity contribution is -0.661. The van der Waals surface area contributed by atoms with E-state index in [1.54, 1.807) is 18.0 Å². The van der Waals surface area contributed by atoms with E-state index in [0.29, 0.717) is 5.39 Å². The first-order chi connectivity index (χ1) is 10.2. The molecule has 1 saturated heterocycles. The van der Waals surface area contributed by atoms with Crippen LogP contribution in [0.25, 0.3) is 10.8 Å². The monoisotopic (exact) mass is 312 g/mol. The van der Waals surface area contributed by atoms with Crippen LogP contribution in [0.5, 0.6) is 5.88 Å². The van der Waals surface area contributed by atoms with Crippen molar-refractivity contribution in [3.05, 3.63) is 30.5 Å². The number of nitrogens with two attached hydrogens (primary N) is 1. The fourth-order valence-electron chi connectivity index (χ4n) is 2.37.